The molecule has 11 rings (SSSR count). The van der Waals surface area contributed by atoms with Gasteiger partial charge in [0.15, 0.2) is 0 Å². The van der Waals surface area contributed by atoms with E-state index >= 15 is 0 Å². The number of hydrogen-bond acceptors (Lipinski definition) is 3. The molecule has 9 aromatic rings. The Bertz CT molecular complexity index is 3040. The number of fused-ring (bicyclic) bond motifs is 6. The number of allylic oxidation sites excluding steroid dienone is 5. The van der Waals surface area contributed by atoms with Crippen molar-refractivity contribution < 1.29 is 4.42 Å². The Morgan fingerprint density at radius 1 is 0.596 bits per heavy atom. The average Bonchev–Trinajstić information content (AvgIpc) is 4.00. The molecule has 0 radical (unpaired) electrons. The van der Waals surface area contributed by atoms with E-state index in [1.54, 1.807) is 0 Å². The number of aromatic nitrogens is 1. The van der Waals surface area contributed by atoms with E-state index in [0.717, 1.165) is 69.4 Å². The van der Waals surface area contributed by atoms with E-state index < -0.39 is 0 Å². The van der Waals surface area contributed by atoms with Crippen LogP contribution in [0.15, 0.2) is 180 Å². The van der Waals surface area contributed by atoms with Crippen LogP contribution in [0.2, 0.25) is 0 Å². The standard InChI is InChI=1S/C53H40N2OS/c1-35-12-10-20-48-52(35)46-34-42(30-31-47(46)55(48)39-15-6-3-7-16-39)54(41-28-24-38(25-29-41)51-33-32-50(57-51)37-13-4-2-5-14-37)40-26-22-36(23-27-40)43-18-11-19-45-44-17-8-9-21-49(44)56-53(43)45/h2,4-6,8-11,13-35H,3,7,12H2,1H3. The van der Waals surface area contributed by atoms with Gasteiger partial charge in [-0.15, -0.1) is 11.3 Å². The molecule has 0 spiro atoms. The molecule has 0 saturated heterocycles. The third kappa shape index (κ3) is 5.79. The van der Waals surface area contributed by atoms with Gasteiger partial charge in [-0.1, -0.05) is 116 Å². The third-order valence-corrected chi connectivity index (χ3v) is 12.9. The summed E-state index contributed by atoms with van der Waals surface area (Å²) in [5, 5.41) is 3.61. The topological polar surface area (TPSA) is 21.3 Å². The molecule has 0 saturated carbocycles. The Kier molecular flexibility index (Phi) is 8.18. The maximum atomic E-state index is 6.44. The number of hydrogen-bond donors (Lipinski definition) is 0. The quantitative estimate of drug-likeness (QED) is 0.162. The second-order valence-corrected chi connectivity index (χ2v) is 16.3. The zero-order valence-electron chi connectivity index (χ0n) is 31.7. The van der Waals surface area contributed by atoms with Crippen molar-refractivity contribution in [3.8, 4) is 32.0 Å². The van der Waals surface area contributed by atoms with Gasteiger partial charge in [0.05, 0.1) is 5.52 Å². The molecule has 3 heterocycles. The highest BCUT2D eigenvalue weighted by Gasteiger charge is 2.25. The summed E-state index contributed by atoms with van der Waals surface area (Å²) >= 11 is 1.84. The molecule has 3 aromatic heterocycles. The van der Waals surface area contributed by atoms with Crippen LogP contribution < -0.4 is 4.90 Å². The highest BCUT2D eigenvalue weighted by atomic mass is 32.1. The van der Waals surface area contributed by atoms with Crippen LogP contribution in [-0.2, 0) is 0 Å². The van der Waals surface area contributed by atoms with Crippen LogP contribution in [0, 0.1) is 0 Å². The number of anilines is 3. The predicted octanol–water partition coefficient (Wildman–Crippen LogP) is 15.8. The molecule has 57 heavy (non-hydrogen) atoms. The van der Waals surface area contributed by atoms with Gasteiger partial charge in [-0.05, 0) is 120 Å². The van der Waals surface area contributed by atoms with Crippen LogP contribution in [-0.4, -0.2) is 4.57 Å². The molecule has 0 amide bonds. The maximum Gasteiger partial charge on any atom is 0.143 e. The number of thiophene rings is 1. The van der Waals surface area contributed by atoms with E-state index in [0.29, 0.717) is 5.92 Å². The Morgan fingerprint density at radius 2 is 1.30 bits per heavy atom. The minimum atomic E-state index is 0.428. The van der Waals surface area contributed by atoms with E-state index in [1.165, 1.54) is 48.7 Å². The normalized spacial score (nSPS) is 15.0. The Labute approximate surface area is 336 Å². The smallest absolute Gasteiger partial charge is 0.143 e. The first kappa shape index (κ1) is 33.7. The molecule has 0 fully saturated rings. The largest absolute Gasteiger partial charge is 0.455 e. The molecular formula is C53H40N2OS. The van der Waals surface area contributed by atoms with Crippen molar-refractivity contribution in [2.24, 2.45) is 0 Å². The summed E-state index contributed by atoms with van der Waals surface area (Å²) in [6.45, 7) is 2.37. The molecule has 2 aliphatic rings. The van der Waals surface area contributed by atoms with Crippen molar-refractivity contribution in [3.63, 3.8) is 0 Å². The van der Waals surface area contributed by atoms with Crippen LogP contribution in [0.3, 0.4) is 0 Å². The van der Waals surface area contributed by atoms with Gasteiger partial charge in [-0.2, -0.15) is 0 Å². The maximum absolute atomic E-state index is 6.44. The van der Waals surface area contributed by atoms with E-state index in [1.807, 2.05) is 23.5 Å². The molecule has 3 nitrogen and oxygen atoms in total. The number of furan rings is 1. The molecule has 274 valence electrons. The minimum Gasteiger partial charge on any atom is -0.455 e. The van der Waals surface area contributed by atoms with Crippen LogP contribution in [0.5, 0.6) is 0 Å². The molecule has 0 N–H and O–H groups in total. The molecule has 2 aliphatic carbocycles. The van der Waals surface area contributed by atoms with Gasteiger partial charge >= 0.3 is 0 Å². The van der Waals surface area contributed by atoms with Crippen molar-refractivity contribution in [2.75, 3.05) is 4.90 Å². The van der Waals surface area contributed by atoms with E-state index in [-0.39, 0.29) is 0 Å². The summed E-state index contributed by atoms with van der Waals surface area (Å²) in [5.41, 5.74) is 15.2. The average molecular weight is 753 g/mol. The highest BCUT2D eigenvalue weighted by molar-refractivity contribution is 7.18. The molecule has 6 aromatic carbocycles. The SMILES string of the molecule is CC1CC=Cc2c1c1cc(N(c3ccc(-c4ccc(-c5ccccc5)s4)cc3)c3ccc(-c4cccc5c4oc4ccccc45)cc3)ccc1n2C1=CCCC=C1. The summed E-state index contributed by atoms with van der Waals surface area (Å²) < 4.78 is 8.92. The lowest BCUT2D eigenvalue weighted by atomic mass is 9.90. The highest BCUT2D eigenvalue weighted by Crippen LogP contribution is 2.45. The van der Waals surface area contributed by atoms with Crippen molar-refractivity contribution in [1.29, 1.82) is 0 Å². The van der Waals surface area contributed by atoms with Gasteiger partial charge in [0.25, 0.3) is 0 Å². The first-order valence-electron chi connectivity index (χ1n) is 20.0. The van der Waals surface area contributed by atoms with Crippen LogP contribution >= 0.6 is 11.3 Å². The molecule has 4 heteroatoms. The number of benzene rings is 6. The summed E-state index contributed by atoms with van der Waals surface area (Å²) in [5.74, 6) is 0.428. The first-order valence-corrected chi connectivity index (χ1v) is 20.8. The van der Waals surface area contributed by atoms with Gasteiger partial charge < -0.3 is 13.9 Å². The van der Waals surface area contributed by atoms with Gasteiger partial charge in [0, 0.05) is 59.9 Å². The molecule has 1 atom stereocenters. The van der Waals surface area contributed by atoms with Crippen molar-refractivity contribution in [1.82, 2.24) is 4.57 Å². The number of rotatable bonds is 7. The molecule has 0 bridgehead atoms. The van der Waals surface area contributed by atoms with Crippen molar-refractivity contribution >= 4 is 73.0 Å². The second-order valence-electron chi connectivity index (χ2n) is 15.2. The van der Waals surface area contributed by atoms with Gasteiger partial charge in [0.2, 0.25) is 0 Å². The van der Waals surface area contributed by atoms with E-state index in [9.17, 15) is 0 Å². The lowest BCUT2D eigenvalue weighted by molar-refractivity contribution is 0.670. The fourth-order valence-corrected chi connectivity index (χ4v) is 9.94. The van der Waals surface area contributed by atoms with Gasteiger partial charge in [0.1, 0.15) is 11.2 Å². The lowest BCUT2D eigenvalue weighted by Gasteiger charge is -2.26. The van der Waals surface area contributed by atoms with E-state index in [4.69, 9.17) is 4.42 Å². The number of para-hydroxylation sites is 2. The zero-order valence-corrected chi connectivity index (χ0v) is 32.5. The Morgan fingerprint density at radius 3 is 2.07 bits per heavy atom. The lowest BCUT2D eigenvalue weighted by Crippen LogP contribution is -2.10. The molecule has 1 unspecified atom stereocenters. The third-order valence-electron chi connectivity index (χ3n) is 11.7. The summed E-state index contributed by atoms with van der Waals surface area (Å²) in [4.78, 5) is 4.95. The Balaban J connectivity index is 1.03. The van der Waals surface area contributed by atoms with Crippen LogP contribution in [0.4, 0.5) is 17.1 Å². The van der Waals surface area contributed by atoms with Gasteiger partial charge in [-0.3, -0.25) is 0 Å². The molecule has 0 aliphatic heterocycles. The second kappa shape index (κ2) is 13.8. The van der Waals surface area contributed by atoms with Crippen molar-refractivity contribution in [2.45, 2.75) is 32.1 Å². The molecular weight excluding hydrogens is 713 g/mol. The fourth-order valence-electron chi connectivity index (χ4n) is 8.93. The summed E-state index contributed by atoms with van der Waals surface area (Å²) in [7, 11) is 0. The first-order chi connectivity index (χ1) is 28.2. The summed E-state index contributed by atoms with van der Waals surface area (Å²) in [6, 6.07) is 55.0. The van der Waals surface area contributed by atoms with E-state index in [2.05, 4.69) is 186 Å². The summed E-state index contributed by atoms with van der Waals surface area (Å²) in [6.07, 6.45) is 14.9. The monoisotopic (exact) mass is 752 g/mol. The Hall–Kier alpha value is -6.62. The van der Waals surface area contributed by atoms with Crippen LogP contribution in [0.25, 0.3) is 76.6 Å². The fraction of sp³-hybridized carbons (Fsp3) is 0.0943. The predicted molar refractivity (Wildman–Crippen MR) is 243 cm³/mol. The number of nitrogens with zero attached hydrogens (tertiary/aromatic N) is 2. The van der Waals surface area contributed by atoms with Crippen LogP contribution in [0.1, 0.15) is 43.4 Å². The van der Waals surface area contributed by atoms with Crippen molar-refractivity contribution in [3.05, 3.63) is 187 Å². The van der Waals surface area contributed by atoms with Gasteiger partial charge in [-0.25, -0.2) is 0 Å². The minimum absolute atomic E-state index is 0.428. The zero-order chi connectivity index (χ0) is 37.9.